The van der Waals surface area contributed by atoms with Crippen LogP contribution in [0.25, 0.3) is 0 Å². The minimum absolute atomic E-state index is 0.0146. The van der Waals surface area contributed by atoms with E-state index in [4.69, 9.17) is 28.4 Å². The molecule has 8 heteroatoms. The van der Waals surface area contributed by atoms with E-state index in [1.807, 2.05) is 36.4 Å². The molecule has 0 N–H and O–H groups in total. The van der Waals surface area contributed by atoms with Crippen molar-refractivity contribution in [3.8, 4) is 23.0 Å². The molecule has 2 aliphatic heterocycles. The van der Waals surface area contributed by atoms with Crippen molar-refractivity contribution in [2.24, 2.45) is 45.3 Å². The van der Waals surface area contributed by atoms with Gasteiger partial charge in [0.1, 0.15) is 12.2 Å². The summed E-state index contributed by atoms with van der Waals surface area (Å²) in [6.45, 7) is 14.5. The number of hydrogen-bond donors (Lipinski definition) is 0. The molecule has 12 rings (SSSR count). The Bertz CT molecular complexity index is 2730. The van der Waals surface area contributed by atoms with Crippen molar-refractivity contribution in [1.82, 2.24) is 0 Å². The Morgan fingerprint density at radius 1 is 0.446 bits per heavy atom. The van der Waals surface area contributed by atoms with Crippen LogP contribution in [0.5, 0.6) is 23.0 Å². The second kappa shape index (κ2) is 18.7. The number of fused-ring (bicyclic) bond motifs is 6. The molecule has 4 aliphatic carbocycles. The van der Waals surface area contributed by atoms with Crippen LogP contribution in [0.2, 0.25) is 0 Å². The second-order valence-electron chi connectivity index (χ2n) is 24.0. The molecule has 6 aromatic carbocycles. The van der Waals surface area contributed by atoms with Crippen molar-refractivity contribution in [2.75, 3.05) is 13.6 Å². The third-order valence-corrected chi connectivity index (χ3v) is 20.5. The highest BCUT2D eigenvalue weighted by Gasteiger charge is 2.70. The molecule has 74 heavy (non-hydrogen) atoms. The number of ether oxygens (including phenoxy) is 6. The molecular weight excluding hydrogens is 921 g/mol. The van der Waals surface area contributed by atoms with E-state index in [2.05, 4.69) is 163 Å². The average Bonchev–Trinajstić information content (AvgIpc) is 4.27. The summed E-state index contributed by atoms with van der Waals surface area (Å²) in [5, 5.41) is 0. The largest absolute Gasteiger partial charge is 0.461 e. The minimum Gasteiger partial charge on any atom is -0.461 e. The number of hydrogen-bond acceptors (Lipinski definition) is 8. The van der Waals surface area contributed by atoms with Crippen molar-refractivity contribution in [3.05, 3.63) is 191 Å². The van der Waals surface area contributed by atoms with Gasteiger partial charge in [-0.3, -0.25) is 9.59 Å². The molecule has 0 amide bonds. The predicted molar refractivity (Wildman–Crippen MR) is 285 cm³/mol. The molecule has 0 saturated heterocycles. The third-order valence-electron chi connectivity index (χ3n) is 20.5. The molecule has 4 saturated carbocycles. The van der Waals surface area contributed by atoms with Gasteiger partial charge in [-0.1, -0.05) is 175 Å². The first-order chi connectivity index (χ1) is 35.8. The third kappa shape index (κ3) is 7.91. The van der Waals surface area contributed by atoms with E-state index >= 15 is 9.59 Å². The number of esters is 2. The molecule has 4 bridgehead atoms. The lowest BCUT2D eigenvalue weighted by atomic mass is 9.68. The first-order valence-electron chi connectivity index (χ1n) is 27.1. The predicted octanol–water partition coefficient (Wildman–Crippen LogP) is 14.4. The second-order valence-corrected chi connectivity index (χ2v) is 24.0. The van der Waals surface area contributed by atoms with Crippen LogP contribution in [0.15, 0.2) is 158 Å². The van der Waals surface area contributed by atoms with Gasteiger partial charge in [-0.25, -0.2) is 0 Å². The Morgan fingerprint density at radius 2 is 0.770 bits per heavy atom. The van der Waals surface area contributed by atoms with Crippen LogP contribution in [-0.4, -0.2) is 37.7 Å². The first-order valence-corrected chi connectivity index (χ1v) is 27.1. The zero-order valence-corrected chi connectivity index (χ0v) is 43.7. The van der Waals surface area contributed by atoms with Gasteiger partial charge in [0.15, 0.2) is 23.0 Å². The highest BCUT2D eigenvalue weighted by Crippen LogP contribution is 2.73. The molecule has 0 unspecified atom stereocenters. The van der Waals surface area contributed by atoms with Gasteiger partial charge < -0.3 is 28.4 Å². The maximum Gasteiger partial charge on any atom is 0.306 e. The lowest BCUT2D eigenvalue weighted by Crippen LogP contribution is -2.43. The fourth-order valence-electron chi connectivity index (χ4n) is 15.9. The summed E-state index contributed by atoms with van der Waals surface area (Å²) < 4.78 is 38.0. The van der Waals surface area contributed by atoms with Gasteiger partial charge in [0, 0.05) is 46.3 Å². The van der Waals surface area contributed by atoms with Crippen LogP contribution < -0.4 is 18.9 Å². The highest BCUT2D eigenvalue weighted by atomic mass is 16.7. The number of carbonyl (C=O) groups excluding carboxylic acids is 2. The van der Waals surface area contributed by atoms with E-state index in [0.717, 1.165) is 36.8 Å². The summed E-state index contributed by atoms with van der Waals surface area (Å²) >= 11 is 0. The maximum atomic E-state index is 15.5. The Kier molecular flexibility index (Phi) is 12.2. The number of benzene rings is 6. The fourth-order valence-corrected chi connectivity index (χ4v) is 15.9. The van der Waals surface area contributed by atoms with Crippen LogP contribution in [0.1, 0.15) is 137 Å². The standard InChI is InChI=1S/C66H70O8/c1-63(2)49-31-33-65(63,5)61(59(49)57(41-19-11-7-12-20-41)42-21-13-8-14-22-42)73-55(67)37-47(45-27-29-51-53(35-45)71-39-69-51)48(46-28-30-52-54(36-46)72-40-70-52)38-56(68)74-62-60(50-32-34-66(62,6)64(50,3)4)58(43-23-15-9-16-24-43)44-25-17-10-18-26-44/h7-30,35-36,47-50,57-62H,31-34,37-40H2,1-6H3/t47-,48-,49+,50+,59-,60-,61+,62+,65-,66-/m0/s1. The van der Waals surface area contributed by atoms with E-state index in [-0.39, 0.29) is 95.9 Å². The molecule has 0 aromatic heterocycles. The Labute approximate surface area is 437 Å². The van der Waals surface area contributed by atoms with Gasteiger partial charge in [-0.15, -0.1) is 0 Å². The van der Waals surface area contributed by atoms with Crippen LogP contribution in [0.4, 0.5) is 0 Å². The molecular formula is C66H70O8. The van der Waals surface area contributed by atoms with Crippen molar-refractivity contribution < 1.29 is 38.0 Å². The lowest BCUT2D eigenvalue weighted by Gasteiger charge is -2.42. The van der Waals surface area contributed by atoms with Gasteiger partial charge in [-0.05, 0) is 106 Å². The highest BCUT2D eigenvalue weighted by molar-refractivity contribution is 5.74. The van der Waals surface area contributed by atoms with Gasteiger partial charge in [0.25, 0.3) is 0 Å². The van der Waals surface area contributed by atoms with Crippen molar-refractivity contribution in [1.29, 1.82) is 0 Å². The monoisotopic (exact) mass is 991 g/mol. The van der Waals surface area contributed by atoms with E-state index < -0.39 is 11.8 Å². The molecule has 8 nitrogen and oxygen atoms in total. The number of rotatable bonds is 15. The van der Waals surface area contributed by atoms with Crippen LogP contribution >= 0.6 is 0 Å². The first kappa shape index (κ1) is 48.4. The molecule has 10 atom stereocenters. The van der Waals surface area contributed by atoms with E-state index in [9.17, 15) is 0 Å². The molecule has 0 radical (unpaired) electrons. The van der Waals surface area contributed by atoms with E-state index in [1.54, 1.807) is 0 Å². The molecule has 6 aromatic rings. The summed E-state index contributed by atoms with van der Waals surface area (Å²) in [6, 6.07) is 54.9. The Morgan fingerprint density at radius 3 is 1.11 bits per heavy atom. The van der Waals surface area contributed by atoms with Gasteiger partial charge >= 0.3 is 11.9 Å². The quantitative estimate of drug-likeness (QED) is 0.0940. The summed E-state index contributed by atoms with van der Waals surface area (Å²) in [6.07, 6.45) is 3.40. The molecule has 6 aliphatic rings. The van der Waals surface area contributed by atoms with Crippen molar-refractivity contribution >= 4 is 11.9 Å². The average molecular weight is 991 g/mol. The normalized spacial score (nSPS) is 28.1. The molecule has 382 valence electrons. The summed E-state index contributed by atoms with van der Waals surface area (Å²) in [7, 11) is 0. The van der Waals surface area contributed by atoms with Gasteiger partial charge in [-0.2, -0.15) is 0 Å². The van der Waals surface area contributed by atoms with Crippen molar-refractivity contribution in [2.45, 2.75) is 116 Å². The Balaban J connectivity index is 0.922. The summed E-state index contributed by atoms with van der Waals surface area (Å²) in [5.41, 5.74) is 5.88. The SMILES string of the molecule is CC1(C)[C@@H]2CC[C@@]1(C)[C@H](OC(=O)C[C@@H](c1ccc3c(c1)OCO3)[C@@H](CC(=O)O[C@@H]1[C@H](C(c3ccccc3)c3ccccc3)[C@H]3CC[C@]1(C)C3(C)C)c1ccc3c(c1)OCO3)[C@@H]2C(c1ccccc1)c1ccccc1. The lowest BCUT2D eigenvalue weighted by molar-refractivity contribution is -0.164. The van der Waals surface area contributed by atoms with Gasteiger partial charge in [0.05, 0.1) is 12.8 Å². The van der Waals surface area contributed by atoms with Crippen LogP contribution in [0.3, 0.4) is 0 Å². The zero-order valence-electron chi connectivity index (χ0n) is 43.7. The smallest absolute Gasteiger partial charge is 0.306 e. The van der Waals surface area contributed by atoms with E-state index in [0.29, 0.717) is 34.8 Å². The number of carbonyl (C=O) groups is 2. The topological polar surface area (TPSA) is 89.5 Å². The zero-order chi connectivity index (χ0) is 51.0. The fraction of sp³-hybridized carbons (Fsp3) is 0.424. The van der Waals surface area contributed by atoms with Crippen LogP contribution in [-0.2, 0) is 19.1 Å². The van der Waals surface area contributed by atoms with Crippen LogP contribution in [0, 0.1) is 45.3 Å². The molecule has 0 spiro atoms. The minimum atomic E-state index is -0.536. The maximum absolute atomic E-state index is 15.5. The molecule has 2 heterocycles. The van der Waals surface area contributed by atoms with Gasteiger partial charge in [0.2, 0.25) is 13.6 Å². The summed E-state index contributed by atoms with van der Waals surface area (Å²) in [4.78, 5) is 31.0. The summed E-state index contributed by atoms with van der Waals surface area (Å²) in [5.74, 6) is 1.62. The Hall–Kier alpha value is -6.54. The van der Waals surface area contributed by atoms with Crippen molar-refractivity contribution in [3.63, 3.8) is 0 Å². The molecule has 4 fully saturated rings. The van der Waals surface area contributed by atoms with E-state index in [1.165, 1.54) is 22.3 Å².